The van der Waals surface area contributed by atoms with Crippen LogP contribution in [-0.4, -0.2) is 49.5 Å². The Morgan fingerprint density at radius 1 is 1.29 bits per heavy atom. The molecule has 1 unspecified atom stereocenters. The highest BCUT2D eigenvalue weighted by Gasteiger charge is 2.27. The van der Waals surface area contributed by atoms with Crippen LogP contribution in [0.1, 0.15) is 24.8 Å². The molecule has 3 N–H and O–H groups in total. The highest BCUT2D eigenvalue weighted by atomic mass is 16.5. The highest BCUT2D eigenvalue weighted by Crippen LogP contribution is 2.17. The first-order chi connectivity index (χ1) is 11.7. The number of nitrogens with zero attached hydrogens (tertiary/aromatic N) is 1. The second-order valence-electron chi connectivity index (χ2n) is 6.05. The number of likely N-dealkylation sites (tertiary alicyclic amines) is 1. The van der Waals surface area contributed by atoms with Gasteiger partial charge < -0.3 is 20.7 Å². The molecule has 1 heterocycles. The molecule has 24 heavy (non-hydrogen) atoms. The van der Waals surface area contributed by atoms with Gasteiger partial charge in [0.2, 0.25) is 11.8 Å². The van der Waals surface area contributed by atoms with Gasteiger partial charge in [-0.1, -0.05) is 30.3 Å². The molecule has 0 aromatic heterocycles. The fraction of sp³-hybridized carbons (Fsp3) is 0.556. The number of nitrogens with one attached hydrogen (secondary N) is 1. The Labute approximate surface area is 143 Å². The molecule has 6 heteroatoms. The van der Waals surface area contributed by atoms with Gasteiger partial charge in [0.1, 0.15) is 0 Å². The van der Waals surface area contributed by atoms with Gasteiger partial charge in [-0.3, -0.25) is 9.59 Å². The number of hydrogen-bond donors (Lipinski definition) is 2. The number of benzene rings is 1. The Balaban J connectivity index is 1.68. The lowest BCUT2D eigenvalue weighted by Gasteiger charge is -2.32. The molecule has 2 rings (SSSR count). The summed E-state index contributed by atoms with van der Waals surface area (Å²) >= 11 is 0. The molecule has 1 aromatic carbocycles. The standard InChI is InChI=1S/C18H27N3O3/c19-9-10-20-18(23)16-7-4-11-21(13-16)17(22)8-12-24-14-15-5-2-1-3-6-15/h1-3,5-6,16H,4,7-14,19H2,(H,20,23). The van der Waals surface area contributed by atoms with Crippen LogP contribution >= 0.6 is 0 Å². The van der Waals surface area contributed by atoms with Gasteiger partial charge in [0.25, 0.3) is 0 Å². The second-order valence-corrected chi connectivity index (χ2v) is 6.05. The zero-order valence-corrected chi connectivity index (χ0v) is 14.1. The Bertz CT molecular complexity index is 522. The van der Waals surface area contributed by atoms with Crippen molar-refractivity contribution < 1.29 is 14.3 Å². The molecule has 1 saturated heterocycles. The van der Waals surface area contributed by atoms with Crippen LogP contribution in [0, 0.1) is 5.92 Å². The summed E-state index contributed by atoms with van der Waals surface area (Å²) in [4.78, 5) is 26.1. The summed E-state index contributed by atoms with van der Waals surface area (Å²) in [5.74, 6) is -0.0721. The van der Waals surface area contributed by atoms with Crippen molar-refractivity contribution in [2.24, 2.45) is 11.7 Å². The van der Waals surface area contributed by atoms with Crippen LogP contribution in [0.5, 0.6) is 0 Å². The summed E-state index contributed by atoms with van der Waals surface area (Å²) in [7, 11) is 0. The Hall–Kier alpha value is -1.92. The molecule has 0 saturated carbocycles. The summed E-state index contributed by atoms with van der Waals surface area (Å²) in [6.45, 7) is 3.04. The number of carbonyl (C=O) groups excluding carboxylic acids is 2. The van der Waals surface area contributed by atoms with E-state index in [2.05, 4.69) is 5.32 Å². The molecule has 1 aromatic rings. The van der Waals surface area contributed by atoms with Gasteiger partial charge in [-0.25, -0.2) is 0 Å². The first-order valence-corrected chi connectivity index (χ1v) is 8.58. The zero-order valence-electron chi connectivity index (χ0n) is 14.1. The summed E-state index contributed by atoms with van der Waals surface area (Å²) in [5, 5.41) is 2.81. The summed E-state index contributed by atoms with van der Waals surface area (Å²) in [6, 6.07) is 9.89. The topological polar surface area (TPSA) is 84.7 Å². The molecule has 0 spiro atoms. The fourth-order valence-corrected chi connectivity index (χ4v) is 2.84. The average molecular weight is 333 g/mol. The molecule has 0 radical (unpaired) electrons. The van der Waals surface area contributed by atoms with E-state index in [0.717, 1.165) is 24.9 Å². The minimum atomic E-state index is -0.125. The van der Waals surface area contributed by atoms with Gasteiger partial charge in [0, 0.05) is 26.2 Å². The van der Waals surface area contributed by atoms with Crippen molar-refractivity contribution >= 4 is 11.8 Å². The summed E-state index contributed by atoms with van der Waals surface area (Å²) in [6.07, 6.45) is 2.03. The van der Waals surface area contributed by atoms with E-state index in [1.165, 1.54) is 0 Å². The van der Waals surface area contributed by atoms with Crippen LogP contribution in [-0.2, 0) is 20.9 Å². The lowest BCUT2D eigenvalue weighted by Crippen LogP contribution is -2.46. The van der Waals surface area contributed by atoms with Crippen molar-refractivity contribution in [2.45, 2.75) is 25.9 Å². The van der Waals surface area contributed by atoms with Crippen molar-refractivity contribution in [3.63, 3.8) is 0 Å². The van der Waals surface area contributed by atoms with Crippen molar-refractivity contribution in [3.8, 4) is 0 Å². The monoisotopic (exact) mass is 333 g/mol. The highest BCUT2D eigenvalue weighted by molar-refractivity contribution is 5.81. The molecule has 1 fully saturated rings. The fourth-order valence-electron chi connectivity index (χ4n) is 2.84. The SMILES string of the molecule is NCCNC(=O)C1CCCN(C(=O)CCOCc2ccccc2)C1. The number of nitrogens with two attached hydrogens (primary N) is 1. The Morgan fingerprint density at radius 3 is 2.83 bits per heavy atom. The first-order valence-electron chi connectivity index (χ1n) is 8.58. The average Bonchev–Trinajstić information content (AvgIpc) is 2.64. The number of hydrogen-bond acceptors (Lipinski definition) is 4. The maximum Gasteiger partial charge on any atom is 0.224 e. The predicted molar refractivity (Wildman–Crippen MR) is 92.1 cm³/mol. The Morgan fingerprint density at radius 2 is 2.08 bits per heavy atom. The van der Waals surface area contributed by atoms with E-state index in [4.69, 9.17) is 10.5 Å². The minimum absolute atomic E-state index is 0.00159. The maximum atomic E-state index is 12.3. The summed E-state index contributed by atoms with van der Waals surface area (Å²) in [5.41, 5.74) is 6.50. The van der Waals surface area contributed by atoms with E-state index in [0.29, 0.717) is 39.3 Å². The molecular formula is C18H27N3O3. The van der Waals surface area contributed by atoms with E-state index in [1.54, 1.807) is 4.90 Å². The maximum absolute atomic E-state index is 12.3. The van der Waals surface area contributed by atoms with Crippen molar-refractivity contribution in [3.05, 3.63) is 35.9 Å². The smallest absolute Gasteiger partial charge is 0.224 e. The van der Waals surface area contributed by atoms with E-state index >= 15 is 0 Å². The van der Waals surface area contributed by atoms with Crippen LogP contribution in [0.25, 0.3) is 0 Å². The third kappa shape index (κ3) is 5.94. The van der Waals surface area contributed by atoms with Crippen molar-refractivity contribution in [1.29, 1.82) is 0 Å². The lowest BCUT2D eigenvalue weighted by molar-refractivity contribution is -0.136. The predicted octanol–water partition coefficient (Wildman–Crippen LogP) is 0.907. The van der Waals surface area contributed by atoms with Crippen LogP contribution in [0.2, 0.25) is 0 Å². The molecule has 0 bridgehead atoms. The van der Waals surface area contributed by atoms with E-state index < -0.39 is 0 Å². The van der Waals surface area contributed by atoms with Crippen molar-refractivity contribution in [2.75, 3.05) is 32.8 Å². The second kappa shape index (κ2) is 10.1. The van der Waals surface area contributed by atoms with Gasteiger partial charge >= 0.3 is 0 Å². The van der Waals surface area contributed by atoms with Gasteiger partial charge in [-0.2, -0.15) is 0 Å². The number of ether oxygens (including phenoxy) is 1. The molecule has 6 nitrogen and oxygen atoms in total. The van der Waals surface area contributed by atoms with E-state index in [1.807, 2.05) is 30.3 Å². The number of carbonyl (C=O) groups is 2. The Kier molecular flexibility index (Phi) is 7.71. The molecular weight excluding hydrogens is 306 g/mol. The number of amides is 2. The van der Waals surface area contributed by atoms with Crippen LogP contribution in [0.4, 0.5) is 0 Å². The molecule has 0 aliphatic carbocycles. The largest absolute Gasteiger partial charge is 0.376 e. The molecule has 1 atom stereocenters. The number of piperidine rings is 1. The van der Waals surface area contributed by atoms with Gasteiger partial charge in [0.05, 0.1) is 25.6 Å². The summed E-state index contributed by atoms with van der Waals surface area (Å²) < 4.78 is 5.57. The van der Waals surface area contributed by atoms with Gasteiger partial charge in [-0.15, -0.1) is 0 Å². The van der Waals surface area contributed by atoms with Gasteiger partial charge in [0.15, 0.2) is 0 Å². The molecule has 1 aliphatic rings. The quantitative estimate of drug-likeness (QED) is 0.693. The molecule has 132 valence electrons. The van der Waals surface area contributed by atoms with Crippen LogP contribution in [0.15, 0.2) is 30.3 Å². The van der Waals surface area contributed by atoms with Crippen LogP contribution < -0.4 is 11.1 Å². The zero-order chi connectivity index (χ0) is 17.2. The minimum Gasteiger partial charge on any atom is -0.376 e. The third-order valence-electron chi connectivity index (χ3n) is 4.16. The molecule has 1 aliphatic heterocycles. The number of rotatable bonds is 8. The molecule has 2 amide bonds. The van der Waals surface area contributed by atoms with Gasteiger partial charge in [-0.05, 0) is 18.4 Å². The van der Waals surface area contributed by atoms with Crippen molar-refractivity contribution in [1.82, 2.24) is 10.2 Å². The normalized spacial score (nSPS) is 17.5. The lowest BCUT2D eigenvalue weighted by atomic mass is 9.97. The first kappa shape index (κ1) is 18.4. The van der Waals surface area contributed by atoms with E-state index in [9.17, 15) is 9.59 Å². The van der Waals surface area contributed by atoms with E-state index in [-0.39, 0.29) is 17.7 Å². The third-order valence-corrected chi connectivity index (χ3v) is 4.16. The van der Waals surface area contributed by atoms with Crippen LogP contribution in [0.3, 0.4) is 0 Å².